The molecular weight excluding hydrogens is 262 g/mol. The second-order valence-electron chi connectivity index (χ2n) is 5.49. The zero-order valence-corrected chi connectivity index (χ0v) is 14.3. The average Bonchev–Trinajstić information content (AvgIpc) is 2.49. The van der Waals surface area contributed by atoms with Crippen LogP contribution < -0.4 is 10.2 Å². The summed E-state index contributed by atoms with van der Waals surface area (Å²) in [6.45, 7) is 14.9. The van der Waals surface area contributed by atoms with E-state index < -0.39 is 0 Å². The summed E-state index contributed by atoms with van der Waals surface area (Å²) in [5, 5.41) is 3.48. The van der Waals surface area contributed by atoms with Gasteiger partial charge < -0.3 is 15.0 Å². The number of aromatic nitrogens is 1. The van der Waals surface area contributed by atoms with Crippen LogP contribution in [0.15, 0.2) is 12.1 Å². The quantitative estimate of drug-likeness (QED) is 0.673. The lowest BCUT2D eigenvalue weighted by Gasteiger charge is -2.23. The van der Waals surface area contributed by atoms with Crippen LogP contribution >= 0.6 is 0 Å². The molecular formula is C17H31N3O. The van der Waals surface area contributed by atoms with Crippen molar-refractivity contribution in [2.75, 3.05) is 31.2 Å². The monoisotopic (exact) mass is 293 g/mol. The second-order valence-corrected chi connectivity index (χ2v) is 5.49. The molecule has 120 valence electrons. The fourth-order valence-electron chi connectivity index (χ4n) is 2.15. The molecule has 1 aromatic heterocycles. The van der Waals surface area contributed by atoms with Crippen molar-refractivity contribution >= 4 is 5.82 Å². The Morgan fingerprint density at radius 2 is 2.00 bits per heavy atom. The summed E-state index contributed by atoms with van der Waals surface area (Å²) in [5.41, 5.74) is 2.46. The molecule has 0 aliphatic rings. The van der Waals surface area contributed by atoms with Crippen molar-refractivity contribution in [1.82, 2.24) is 10.3 Å². The van der Waals surface area contributed by atoms with Crippen LogP contribution in [0.25, 0.3) is 0 Å². The highest BCUT2D eigenvalue weighted by Gasteiger charge is 2.09. The van der Waals surface area contributed by atoms with Crippen molar-refractivity contribution in [3.63, 3.8) is 0 Å². The molecule has 1 heterocycles. The number of ether oxygens (including phenoxy) is 1. The van der Waals surface area contributed by atoms with Crippen molar-refractivity contribution in [3.8, 4) is 0 Å². The first-order valence-corrected chi connectivity index (χ1v) is 8.16. The number of nitrogens with one attached hydrogen (secondary N) is 1. The van der Waals surface area contributed by atoms with E-state index in [-0.39, 0.29) is 0 Å². The predicted octanol–water partition coefficient (Wildman–Crippen LogP) is 3.00. The number of rotatable bonds is 10. The van der Waals surface area contributed by atoms with Gasteiger partial charge in [0.25, 0.3) is 0 Å². The minimum atomic E-state index is 0.493. The van der Waals surface area contributed by atoms with E-state index in [0.29, 0.717) is 6.04 Å². The lowest BCUT2D eigenvalue weighted by Crippen LogP contribution is -2.29. The molecule has 0 atom stereocenters. The molecule has 1 aromatic rings. The van der Waals surface area contributed by atoms with E-state index in [1.165, 1.54) is 5.56 Å². The van der Waals surface area contributed by atoms with Crippen LogP contribution in [0.3, 0.4) is 0 Å². The molecule has 1 rings (SSSR count). The Kier molecular flexibility index (Phi) is 8.31. The minimum absolute atomic E-state index is 0.493. The van der Waals surface area contributed by atoms with Gasteiger partial charge >= 0.3 is 0 Å². The first-order valence-electron chi connectivity index (χ1n) is 8.16. The number of hydrogen-bond acceptors (Lipinski definition) is 4. The Hall–Kier alpha value is -1.13. The van der Waals surface area contributed by atoms with Crippen LogP contribution in [0, 0.1) is 0 Å². The van der Waals surface area contributed by atoms with Gasteiger partial charge in [0.15, 0.2) is 0 Å². The van der Waals surface area contributed by atoms with Gasteiger partial charge in [-0.05, 0) is 38.0 Å². The first kappa shape index (κ1) is 17.9. The summed E-state index contributed by atoms with van der Waals surface area (Å²) in [6.07, 6.45) is 0.964. The second kappa shape index (κ2) is 9.74. The van der Waals surface area contributed by atoms with Crippen LogP contribution in [0.5, 0.6) is 0 Å². The van der Waals surface area contributed by atoms with E-state index in [1.807, 2.05) is 6.92 Å². The molecule has 0 saturated heterocycles. The average molecular weight is 293 g/mol. The van der Waals surface area contributed by atoms with Crippen LogP contribution in [0.2, 0.25) is 0 Å². The zero-order valence-electron chi connectivity index (χ0n) is 14.3. The van der Waals surface area contributed by atoms with Gasteiger partial charge in [0.1, 0.15) is 5.82 Å². The number of likely N-dealkylation sites (N-methyl/N-ethyl adjacent to an activating group) is 1. The number of nitrogens with zero attached hydrogens (tertiary/aromatic N) is 2. The molecule has 0 spiro atoms. The van der Waals surface area contributed by atoms with Gasteiger partial charge in [-0.15, -0.1) is 0 Å². The van der Waals surface area contributed by atoms with Crippen molar-refractivity contribution in [2.45, 2.75) is 53.6 Å². The third-order valence-electron chi connectivity index (χ3n) is 3.42. The summed E-state index contributed by atoms with van der Waals surface area (Å²) >= 11 is 0. The number of hydrogen-bond donors (Lipinski definition) is 1. The zero-order chi connectivity index (χ0) is 15.7. The van der Waals surface area contributed by atoms with Crippen LogP contribution in [0.1, 0.15) is 45.9 Å². The standard InChI is InChI=1S/C17H31N3O/c1-6-16-11-15(13-18-14(4)5)12-17(19-16)20(7-2)9-10-21-8-3/h11-12,14,18H,6-10,13H2,1-5H3. The molecule has 0 radical (unpaired) electrons. The van der Waals surface area contributed by atoms with Crippen LogP contribution in [0.4, 0.5) is 5.82 Å². The summed E-state index contributed by atoms with van der Waals surface area (Å²) in [5.74, 6) is 1.07. The number of pyridine rings is 1. The number of anilines is 1. The van der Waals surface area contributed by atoms with Gasteiger partial charge in [0.05, 0.1) is 6.61 Å². The SMILES string of the molecule is CCOCCN(CC)c1cc(CNC(C)C)cc(CC)n1. The Bertz CT molecular complexity index is 407. The van der Waals surface area contributed by atoms with Crippen LogP contribution in [-0.4, -0.2) is 37.3 Å². The predicted molar refractivity (Wildman–Crippen MR) is 90.0 cm³/mol. The molecule has 0 amide bonds. The summed E-state index contributed by atoms with van der Waals surface area (Å²) < 4.78 is 5.47. The maximum atomic E-state index is 5.47. The largest absolute Gasteiger partial charge is 0.380 e. The third kappa shape index (κ3) is 6.44. The van der Waals surface area contributed by atoms with E-state index in [9.17, 15) is 0 Å². The summed E-state index contributed by atoms with van der Waals surface area (Å²) in [7, 11) is 0. The molecule has 21 heavy (non-hydrogen) atoms. The van der Waals surface area contributed by atoms with Gasteiger partial charge in [-0.25, -0.2) is 4.98 Å². The lowest BCUT2D eigenvalue weighted by molar-refractivity contribution is 0.154. The smallest absolute Gasteiger partial charge is 0.129 e. The topological polar surface area (TPSA) is 37.4 Å². The van der Waals surface area contributed by atoms with Gasteiger partial charge in [0, 0.05) is 38.0 Å². The molecule has 0 bridgehead atoms. The minimum Gasteiger partial charge on any atom is -0.380 e. The highest BCUT2D eigenvalue weighted by atomic mass is 16.5. The fourth-order valence-corrected chi connectivity index (χ4v) is 2.15. The molecule has 4 nitrogen and oxygen atoms in total. The molecule has 0 unspecified atom stereocenters. The van der Waals surface area contributed by atoms with Crippen molar-refractivity contribution < 1.29 is 4.74 Å². The highest BCUT2D eigenvalue weighted by Crippen LogP contribution is 2.16. The van der Waals surface area contributed by atoms with Crippen molar-refractivity contribution in [1.29, 1.82) is 0 Å². The summed E-state index contributed by atoms with van der Waals surface area (Å²) in [4.78, 5) is 7.06. The van der Waals surface area contributed by atoms with Crippen LogP contribution in [-0.2, 0) is 17.7 Å². The van der Waals surface area contributed by atoms with Gasteiger partial charge in [-0.2, -0.15) is 0 Å². The van der Waals surface area contributed by atoms with Gasteiger partial charge in [-0.3, -0.25) is 0 Å². The molecule has 0 aliphatic carbocycles. The molecule has 0 fully saturated rings. The van der Waals surface area contributed by atoms with Gasteiger partial charge in [0.2, 0.25) is 0 Å². The van der Waals surface area contributed by atoms with Crippen molar-refractivity contribution in [3.05, 3.63) is 23.4 Å². The Morgan fingerprint density at radius 3 is 2.57 bits per heavy atom. The van der Waals surface area contributed by atoms with E-state index >= 15 is 0 Å². The fraction of sp³-hybridized carbons (Fsp3) is 0.706. The van der Waals surface area contributed by atoms with E-state index in [4.69, 9.17) is 9.72 Å². The Balaban J connectivity index is 2.84. The maximum Gasteiger partial charge on any atom is 0.129 e. The maximum absolute atomic E-state index is 5.47. The summed E-state index contributed by atoms with van der Waals surface area (Å²) in [6, 6.07) is 4.89. The molecule has 1 N–H and O–H groups in total. The lowest BCUT2D eigenvalue weighted by atomic mass is 10.1. The normalized spacial score (nSPS) is 11.1. The molecule has 0 aliphatic heterocycles. The molecule has 0 aromatic carbocycles. The van der Waals surface area contributed by atoms with Gasteiger partial charge in [-0.1, -0.05) is 20.8 Å². The third-order valence-corrected chi connectivity index (χ3v) is 3.42. The molecule has 0 saturated carbocycles. The van der Waals surface area contributed by atoms with E-state index in [0.717, 1.165) is 50.8 Å². The first-order chi connectivity index (χ1) is 10.1. The van der Waals surface area contributed by atoms with E-state index in [1.54, 1.807) is 0 Å². The number of aryl methyl sites for hydroxylation is 1. The molecule has 4 heteroatoms. The Morgan fingerprint density at radius 1 is 1.24 bits per heavy atom. The van der Waals surface area contributed by atoms with E-state index in [2.05, 4.69) is 50.0 Å². The van der Waals surface area contributed by atoms with Crippen molar-refractivity contribution in [2.24, 2.45) is 0 Å². The Labute approximate surface area is 129 Å². The highest BCUT2D eigenvalue weighted by molar-refractivity contribution is 5.42.